The van der Waals surface area contributed by atoms with Crippen molar-refractivity contribution in [3.8, 4) is 5.69 Å². The van der Waals surface area contributed by atoms with Crippen LogP contribution in [0.25, 0.3) is 16.7 Å². The third-order valence-electron chi connectivity index (χ3n) is 3.96. The Morgan fingerprint density at radius 2 is 1.78 bits per heavy atom. The Morgan fingerprint density at radius 1 is 1.04 bits per heavy atom. The fraction of sp³-hybridized carbons (Fsp3) is 0.100. The van der Waals surface area contributed by atoms with Gasteiger partial charge in [0.25, 0.3) is 0 Å². The Morgan fingerprint density at radius 3 is 2.56 bits per heavy atom. The first-order valence-electron chi connectivity index (χ1n) is 8.55. The number of esters is 1. The summed E-state index contributed by atoms with van der Waals surface area (Å²) in [6.45, 7) is 2.05. The molecule has 0 aliphatic heterocycles. The molecule has 2 aromatic heterocycles. The number of anilines is 2. The van der Waals surface area contributed by atoms with E-state index < -0.39 is 5.97 Å². The van der Waals surface area contributed by atoms with Gasteiger partial charge in [0, 0.05) is 0 Å². The van der Waals surface area contributed by atoms with Gasteiger partial charge in [-0.05, 0) is 31.2 Å². The smallest absolute Gasteiger partial charge is 0.343 e. The van der Waals surface area contributed by atoms with Crippen molar-refractivity contribution in [2.75, 3.05) is 11.9 Å². The first kappa shape index (κ1) is 16.7. The normalized spacial score (nSPS) is 10.7. The molecule has 0 atom stereocenters. The highest BCUT2D eigenvalue weighted by Crippen LogP contribution is 2.25. The van der Waals surface area contributed by atoms with Crippen LogP contribution in [0.3, 0.4) is 0 Å². The molecule has 0 radical (unpaired) electrons. The third kappa shape index (κ3) is 3.35. The molecule has 4 rings (SSSR count). The van der Waals surface area contributed by atoms with Crippen LogP contribution in [0.1, 0.15) is 17.3 Å². The van der Waals surface area contributed by atoms with Crippen molar-refractivity contribution in [3.63, 3.8) is 0 Å². The van der Waals surface area contributed by atoms with Gasteiger partial charge >= 0.3 is 5.97 Å². The van der Waals surface area contributed by atoms with Crippen LogP contribution in [-0.2, 0) is 4.74 Å². The molecule has 7 heteroatoms. The summed E-state index contributed by atoms with van der Waals surface area (Å²) in [5, 5.41) is 7.53. The number of nitrogens with zero attached hydrogens (tertiary/aromatic N) is 4. The van der Waals surface area contributed by atoms with Crippen molar-refractivity contribution in [1.29, 1.82) is 0 Å². The number of hydrogen-bond acceptors (Lipinski definition) is 6. The summed E-state index contributed by atoms with van der Waals surface area (Å²) in [4.78, 5) is 21.3. The summed E-state index contributed by atoms with van der Waals surface area (Å²) in [7, 11) is 0. The van der Waals surface area contributed by atoms with Gasteiger partial charge in [-0.1, -0.05) is 30.3 Å². The standard InChI is InChI=1S/C20H17N5O2/c1-2-27-20(26)15-12-22-25(14-8-4-3-5-9-14)19(15)24-18-13-21-16-10-6-7-11-17(16)23-18/h3-13H,2H2,1H3,(H,23,24). The Kier molecular flexibility index (Phi) is 4.49. The molecule has 0 amide bonds. The second-order valence-electron chi connectivity index (χ2n) is 5.74. The molecule has 0 saturated carbocycles. The predicted octanol–water partition coefficient (Wildman–Crippen LogP) is 3.74. The summed E-state index contributed by atoms with van der Waals surface area (Å²) < 4.78 is 6.80. The van der Waals surface area contributed by atoms with Gasteiger partial charge in [-0.25, -0.2) is 14.5 Å². The average Bonchev–Trinajstić information content (AvgIpc) is 3.12. The van der Waals surface area contributed by atoms with Crippen molar-refractivity contribution in [2.24, 2.45) is 0 Å². The lowest BCUT2D eigenvalue weighted by atomic mass is 10.3. The van der Waals surface area contributed by atoms with Crippen LogP contribution in [0, 0.1) is 0 Å². The van der Waals surface area contributed by atoms with Crippen molar-refractivity contribution in [3.05, 3.63) is 72.6 Å². The molecule has 0 aliphatic rings. The Hall–Kier alpha value is -3.74. The summed E-state index contributed by atoms with van der Waals surface area (Å²) in [6.07, 6.45) is 3.11. The van der Waals surface area contributed by atoms with E-state index in [1.807, 2.05) is 54.6 Å². The van der Waals surface area contributed by atoms with Crippen LogP contribution in [0.4, 0.5) is 11.6 Å². The molecule has 134 valence electrons. The van der Waals surface area contributed by atoms with Gasteiger partial charge in [-0.3, -0.25) is 4.98 Å². The van der Waals surface area contributed by atoms with E-state index >= 15 is 0 Å². The van der Waals surface area contributed by atoms with Gasteiger partial charge in [0.1, 0.15) is 11.4 Å². The van der Waals surface area contributed by atoms with Crippen molar-refractivity contribution < 1.29 is 9.53 Å². The van der Waals surface area contributed by atoms with Crippen LogP contribution in [0.2, 0.25) is 0 Å². The number of carbonyl (C=O) groups is 1. The molecule has 7 nitrogen and oxygen atoms in total. The highest BCUT2D eigenvalue weighted by Gasteiger charge is 2.20. The highest BCUT2D eigenvalue weighted by molar-refractivity contribution is 5.95. The summed E-state index contributed by atoms with van der Waals surface area (Å²) >= 11 is 0. The molecule has 1 N–H and O–H groups in total. The largest absolute Gasteiger partial charge is 0.462 e. The molecule has 0 fully saturated rings. The number of carbonyl (C=O) groups excluding carboxylic acids is 1. The van der Waals surface area contributed by atoms with Gasteiger partial charge in [-0.15, -0.1) is 0 Å². The van der Waals surface area contributed by atoms with Gasteiger partial charge in [0.05, 0.1) is 35.7 Å². The molecule has 27 heavy (non-hydrogen) atoms. The van der Waals surface area contributed by atoms with Crippen LogP contribution in [0.15, 0.2) is 67.0 Å². The quantitative estimate of drug-likeness (QED) is 0.547. The van der Waals surface area contributed by atoms with Crippen LogP contribution < -0.4 is 5.32 Å². The summed E-state index contributed by atoms with van der Waals surface area (Å²) in [5.41, 5.74) is 2.69. The minimum absolute atomic E-state index is 0.282. The van der Waals surface area contributed by atoms with E-state index in [0.29, 0.717) is 17.2 Å². The Bertz CT molecular complexity index is 1090. The second-order valence-corrected chi connectivity index (χ2v) is 5.74. The highest BCUT2D eigenvalue weighted by atomic mass is 16.5. The molecule has 0 bridgehead atoms. The molecule has 0 unspecified atom stereocenters. The molecular formula is C20H17N5O2. The van der Waals surface area contributed by atoms with Crippen molar-refractivity contribution in [1.82, 2.24) is 19.7 Å². The fourth-order valence-corrected chi connectivity index (χ4v) is 2.73. The zero-order valence-electron chi connectivity index (χ0n) is 14.7. The summed E-state index contributed by atoms with van der Waals surface area (Å²) in [6, 6.07) is 17.1. The second kappa shape index (κ2) is 7.25. The van der Waals surface area contributed by atoms with Crippen LogP contribution in [-0.4, -0.2) is 32.3 Å². The first-order valence-corrected chi connectivity index (χ1v) is 8.55. The zero-order chi connectivity index (χ0) is 18.6. The third-order valence-corrected chi connectivity index (χ3v) is 3.96. The monoisotopic (exact) mass is 359 g/mol. The van der Waals surface area contributed by atoms with Gasteiger partial charge in [0.2, 0.25) is 0 Å². The zero-order valence-corrected chi connectivity index (χ0v) is 14.7. The summed E-state index contributed by atoms with van der Waals surface area (Å²) in [5.74, 6) is 0.539. The van der Waals surface area contributed by atoms with Gasteiger partial charge < -0.3 is 10.1 Å². The Balaban J connectivity index is 1.78. The maximum atomic E-state index is 12.4. The van der Waals surface area contributed by atoms with E-state index in [1.54, 1.807) is 17.8 Å². The number of rotatable bonds is 5. The lowest BCUT2D eigenvalue weighted by Gasteiger charge is -2.11. The van der Waals surface area contributed by atoms with E-state index in [-0.39, 0.29) is 6.61 Å². The SMILES string of the molecule is CCOC(=O)c1cnn(-c2ccccc2)c1Nc1cnc2ccccc2n1. The molecule has 0 saturated heterocycles. The van der Waals surface area contributed by atoms with Gasteiger partial charge in [-0.2, -0.15) is 5.10 Å². The molecule has 0 aliphatic carbocycles. The predicted molar refractivity (Wildman–Crippen MR) is 102 cm³/mol. The number of nitrogens with one attached hydrogen (secondary N) is 1. The number of aromatic nitrogens is 4. The number of fused-ring (bicyclic) bond motifs is 1. The van der Waals surface area contributed by atoms with Crippen LogP contribution in [0.5, 0.6) is 0 Å². The molecule has 4 aromatic rings. The average molecular weight is 359 g/mol. The van der Waals surface area contributed by atoms with Gasteiger partial charge in [0.15, 0.2) is 5.82 Å². The number of para-hydroxylation sites is 3. The number of benzene rings is 2. The van der Waals surface area contributed by atoms with Crippen LogP contribution >= 0.6 is 0 Å². The maximum absolute atomic E-state index is 12.4. The molecule has 2 aromatic carbocycles. The lowest BCUT2D eigenvalue weighted by Crippen LogP contribution is -2.10. The topological polar surface area (TPSA) is 81.9 Å². The lowest BCUT2D eigenvalue weighted by molar-refractivity contribution is 0.0527. The number of hydrogen-bond donors (Lipinski definition) is 1. The van der Waals surface area contributed by atoms with E-state index in [4.69, 9.17) is 4.74 Å². The number of ether oxygens (including phenoxy) is 1. The van der Waals surface area contributed by atoms with E-state index in [0.717, 1.165) is 16.7 Å². The maximum Gasteiger partial charge on any atom is 0.343 e. The van der Waals surface area contributed by atoms with Crippen molar-refractivity contribution in [2.45, 2.75) is 6.92 Å². The minimum Gasteiger partial charge on any atom is -0.462 e. The molecule has 2 heterocycles. The van der Waals surface area contributed by atoms with E-state index in [2.05, 4.69) is 20.4 Å². The Labute approximate surface area is 155 Å². The first-order chi connectivity index (χ1) is 13.3. The van der Waals surface area contributed by atoms with Crippen molar-refractivity contribution >= 4 is 28.6 Å². The van der Waals surface area contributed by atoms with E-state index in [1.165, 1.54) is 6.20 Å². The fourth-order valence-electron chi connectivity index (χ4n) is 2.73. The molecular weight excluding hydrogens is 342 g/mol. The minimum atomic E-state index is -0.448. The van der Waals surface area contributed by atoms with E-state index in [9.17, 15) is 4.79 Å². The molecule has 0 spiro atoms.